The van der Waals surface area contributed by atoms with Crippen LogP contribution in [-0.4, -0.2) is 181 Å². The number of amides is 4. The van der Waals surface area contributed by atoms with Gasteiger partial charge in [0.25, 0.3) is 23.6 Å². The molecular formula is C99H110Cl2F3N23O11. The third-order valence-electron chi connectivity index (χ3n) is 27.7. The molecule has 0 radical (unpaired) electrons. The molecule has 6 aliphatic carbocycles. The Morgan fingerprint density at radius 1 is 0.536 bits per heavy atom. The number of methoxy groups -OCH3 is 1. The van der Waals surface area contributed by atoms with Crippen molar-refractivity contribution >= 4 is 81.5 Å². The minimum atomic E-state index is -2.87. The average molecular weight is 1930 g/mol. The standard InChI is InChI=1S/C28H33F2N5O4.C25H28N8O2.C23H23ClFN5O3.C23H26ClN5O2/c1-27(39-21-6-4-20(5-7-21)38-26(29)30)16-34(17-27)19-8-10-28(11-9-19,12-13-31)35-15-22(25(32)37)23(33-35)14-24(36)18-2-3-18;26-12-11-25(32-16-21(24(27)35)22(31-32)15-23(34)17-1-2-17)9-7-19(8-10-25)30-18-3-5-20(6-4-18)33-28-13-14-29-33;1-3-15-4-5-16(18(24)10-15)12-29-9-7-23(6-8-26,20(25)14-29)30-13-17(22(27)32)19(28-30)11-21(31)33-2;24-18-3-1-2-4-19(18)27-16-7-9-23(10-8-16,11-12-25)29-14-17(22(26)31)20(28-29)13-21(30)15-5-6-15/h4-7,15,18-19,26H,2-3,8-12,14,16-17H2,1H3,(H2,32,37);3-6,13-14,16-17,19,30H,1-2,7-11,15H2,(H2,27,35);1,4-5,10,13,20H,6-7,9,11-12,14H2,2H3,(H2,27,32);1-4,14-16,27H,5-11,13H2,(H2,26,31). The molecule has 0 spiro atoms. The summed E-state index contributed by atoms with van der Waals surface area (Å²) in [4.78, 5) is 103. The van der Waals surface area contributed by atoms with E-state index in [4.69, 9.17) is 57.3 Å². The zero-order valence-electron chi connectivity index (χ0n) is 76.7. The smallest absolute Gasteiger partial charge is 0.387 e. The second-order valence-corrected chi connectivity index (χ2v) is 38.3. The molecule has 0 bridgehead atoms. The lowest BCUT2D eigenvalue weighted by atomic mass is 9.76. The Morgan fingerprint density at radius 3 is 1.39 bits per heavy atom. The second kappa shape index (κ2) is 43.7. The number of hydrogen-bond donors (Lipinski definition) is 6. The molecule has 5 aromatic heterocycles. The summed E-state index contributed by atoms with van der Waals surface area (Å²) >= 11 is 12.6. The Morgan fingerprint density at radius 2 is 0.971 bits per heavy atom. The van der Waals surface area contributed by atoms with Gasteiger partial charge >= 0.3 is 12.6 Å². The Kier molecular flexibility index (Phi) is 31.7. The maximum absolute atomic E-state index is 15.7. The molecule has 2 atom stereocenters. The normalized spacial score (nSPS) is 22.6. The van der Waals surface area contributed by atoms with Gasteiger partial charge in [-0.2, -0.15) is 65.2 Å². The number of primary amides is 4. The molecule has 9 aromatic rings. The molecule has 10 N–H and O–H groups in total. The monoisotopic (exact) mass is 1920 g/mol. The quantitative estimate of drug-likeness (QED) is 0.0159. The van der Waals surface area contributed by atoms with E-state index in [1.54, 1.807) is 74.1 Å². The van der Waals surface area contributed by atoms with Gasteiger partial charge in [-0.1, -0.05) is 47.3 Å². The number of carbonyl (C=O) groups excluding carboxylic acids is 8. The predicted molar refractivity (Wildman–Crippen MR) is 501 cm³/mol. The van der Waals surface area contributed by atoms with Crippen LogP contribution in [0.1, 0.15) is 230 Å². The van der Waals surface area contributed by atoms with Gasteiger partial charge in [-0.3, -0.25) is 66.9 Å². The van der Waals surface area contributed by atoms with Crippen LogP contribution in [0.4, 0.5) is 24.5 Å². The number of rotatable bonds is 35. The maximum atomic E-state index is 15.7. The topological polar surface area (TPSA) is 496 Å². The van der Waals surface area contributed by atoms with Crippen LogP contribution in [0.25, 0.3) is 5.69 Å². The first kappa shape index (κ1) is 100. The minimum Gasteiger partial charge on any atom is -0.485 e. The van der Waals surface area contributed by atoms with Crippen LogP contribution >= 0.6 is 23.2 Å². The molecule has 4 aromatic carbocycles. The molecule has 2 unspecified atom stereocenters. The lowest BCUT2D eigenvalue weighted by Gasteiger charge is -2.53. The maximum Gasteiger partial charge on any atom is 0.387 e. The Bertz CT molecular complexity index is 6160. The number of ketones is 3. The number of para-hydroxylation sites is 1. The van der Waals surface area contributed by atoms with Crippen LogP contribution in [0.15, 0.2) is 128 Å². The summed E-state index contributed by atoms with van der Waals surface area (Å²) in [6.45, 7) is 1.48. The highest BCUT2D eigenvalue weighted by Crippen LogP contribution is 2.47. The summed E-state index contributed by atoms with van der Waals surface area (Å²) in [5.41, 5.74) is 25.4. The Labute approximate surface area is 806 Å². The van der Waals surface area contributed by atoms with Crippen molar-refractivity contribution in [3.8, 4) is 53.8 Å². The van der Waals surface area contributed by atoms with Crippen LogP contribution in [0.5, 0.6) is 11.5 Å². The van der Waals surface area contributed by atoms with E-state index in [-0.39, 0.29) is 145 Å². The number of nitriles is 4. The van der Waals surface area contributed by atoms with Gasteiger partial charge in [0.05, 0.1) is 173 Å². The van der Waals surface area contributed by atoms with Gasteiger partial charge in [-0.05, 0) is 207 Å². The van der Waals surface area contributed by atoms with E-state index in [2.05, 4.69) is 79.7 Å². The molecule has 8 fully saturated rings. The third kappa shape index (κ3) is 24.1. The number of esters is 1. The molecule has 39 heteroatoms. The van der Waals surface area contributed by atoms with Crippen molar-refractivity contribution < 1.29 is 65.7 Å². The van der Waals surface area contributed by atoms with Gasteiger partial charge in [0.15, 0.2) is 0 Å². The lowest BCUT2D eigenvalue weighted by molar-refractivity contribution is -0.140. The first-order valence-electron chi connectivity index (χ1n) is 46.2. The number of ether oxygens (including phenoxy) is 3. The number of nitrogens with two attached hydrogens (primary N) is 4. The molecule has 138 heavy (non-hydrogen) atoms. The number of alkyl halides is 3. The number of Topliss-reactive ketones (excluding diaryl/α,β-unsaturated/α-hetero) is 3. The number of likely N-dealkylation sites (tertiary alicyclic amines) is 2. The number of hydrogen-bond acceptors (Lipinski definition) is 25. The van der Waals surface area contributed by atoms with Gasteiger partial charge in [-0.15, -0.1) is 6.42 Å². The highest BCUT2D eigenvalue weighted by molar-refractivity contribution is 6.33. The van der Waals surface area contributed by atoms with Crippen molar-refractivity contribution in [2.75, 3.05) is 43.9 Å². The third-order valence-corrected chi connectivity index (χ3v) is 28.4. The summed E-state index contributed by atoms with van der Waals surface area (Å²) in [6.07, 6.45) is 29.1. The Hall–Kier alpha value is -13.8. The molecule has 722 valence electrons. The first-order chi connectivity index (χ1) is 66.2. The number of aromatic nitrogens is 11. The summed E-state index contributed by atoms with van der Waals surface area (Å²) in [5, 5.41) is 73.0. The van der Waals surface area contributed by atoms with E-state index in [0.29, 0.717) is 70.4 Å². The molecule has 7 heterocycles. The van der Waals surface area contributed by atoms with E-state index in [9.17, 15) is 68.2 Å². The number of terminal acetylenes is 1. The van der Waals surface area contributed by atoms with Crippen molar-refractivity contribution in [3.63, 3.8) is 0 Å². The molecule has 6 saturated carbocycles. The van der Waals surface area contributed by atoms with E-state index >= 15 is 4.39 Å². The van der Waals surface area contributed by atoms with E-state index in [1.807, 2.05) is 72.5 Å². The number of halogens is 5. The fourth-order valence-electron chi connectivity index (χ4n) is 19.3. The van der Waals surface area contributed by atoms with Crippen LogP contribution in [-0.2, 0) is 78.3 Å². The average Bonchev–Trinajstić information content (AvgIpc) is 1.61. The first-order valence-corrected chi connectivity index (χ1v) is 47.0. The van der Waals surface area contributed by atoms with Gasteiger partial charge in [0.2, 0.25) is 0 Å². The number of carbonyl (C=O) groups is 8. The highest BCUT2D eigenvalue weighted by atomic mass is 35.5. The zero-order valence-corrected chi connectivity index (χ0v) is 78.3. The van der Waals surface area contributed by atoms with Crippen molar-refractivity contribution in [3.05, 3.63) is 194 Å². The van der Waals surface area contributed by atoms with Crippen molar-refractivity contribution in [2.45, 2.75) is 245 Å². The molecule has 2 aliphatic heterocycles. The fraction of sp³-hybridized carbons (Fsp3) is 0.475. The molecule has 8 aliphatic rings. The molecular weight excluding hydrogens is 1820 g/mol. The molecule has 2 saturated heterocycles. The number of anilines is 2. The van der Waals surface area contributed by atoms with Crippen LogP contribution in [0.3, 0.4) is 0 Å². The molecule has 17 rings (SSSR count). The van der Waals surface area contributed by atoms with E-state index < -0.39 is 70.1 Å². The largest absolute Gasteiger partial charge is 0.485 e. The van der Waals surface area contributed by atoms with Gasteiger partial charge in [0.1, 0.15) is 46.2 Å². The second-order valence-electron chi connectivity index (χ2n) is 37.4. The number of benzene rings is 4. The van der Waals surface area contributed by atoms with Crippen molar-refractivity contribution in [2.24, 2.45) is 40.7 Å². The zero-order chi connectivity index (χ0) is 98.4. The number of nitrogens with zero attached hydrogens (tertiary/aromatic N) is 17. The molecule has 34 nitrogen and oxygen atoms in total. The van der Waals surface area contributed by atoms with Crippen LogP contribution in [0.2, 0.25) is 10.0 Å². The summed E-state index contributed by atoms with van der Waals surface area (Å²) < 4.78 is 62.1. The van der Waals surface area contributed by atoms with Gasteiger partial charge in [-0.25, -0.2) is 4.39 Å². The number of nitrogens with one attached hydrogen (secondary N) is 2. The Balaban J connectivity index is 0.000000147. The van der Waals surface area contributed by atoms with E-state index in [0.717, 1.165) is 138 Å². The summed E-state index contributed by atoms with van der Waals surface area (Å²) in [5.74, 6) is 0.512. The minimum absolute atomic E-state index is 0.00673. The lowest BCUT2D eigenvalue weighted by Crippen LogP contribution is -2.66. The van der Waals surface area contributed by atoms with Crippen LogP contribution < -0.4 is 43.0 Å². The van der Waals surface area contributed by atoms with Crippen molar-refractivity contribution in [1.29, 1.82) is 21.0 Å². The summed E-state index contributed by atoms with van der Waals surface area (Å²) in [7, 11) is 1.21. The SMILES string of the molecule is C#Cc1ccc(CN2CCC(CC#N)(n3cc(C(N)=O)c(CC(=O)OC)n3)C(F)C2)c(Cl)c1.CC1(Oc2ccc(OC(F)F)cc2)CN(C2CCC(CC#N)(n3cc(C(N)=O)c(CC(=O)C4CC4)n3)CC2)C1.N#CCC1(n2cc(C(N)=O)c(CC(=O)C3CC3)n2)CCC(Nc2ccc(-n3nccn3)cc2)CC1.N#CCC1(n2cc(C(N)=O)c(CC(=O)C3CC3)n2)CCC(Nc2ccccc2Cl)CC1. The predicted octanol–water partition coefficient (Wildman–Crippen LogP) is 12.6. The number of piperidine rings is 1. The van der Waals surface area contributed by atoms with Gasteiger partial charge < -0.3 is 47.8 Å². The van der Waals surface area contributed by atoms with Crippen molar-refractivity contribution in [1.82, 2.24) is 63.9 Å². The summed E-state index contributed by atoms with van der Waals surface area (Å²) in [6, 6.07) is 36.8. The fourth-order valence-corrected chi connectivity index (χ4v) is 19.7. The van der Waals surface area contributed by atoms with Crippen LogP contribution in [0, 0.1) is 75.4 Å². The molecule has 4 amide bonds. The van der Waals surface area contributed by atoms with Gasteiger partial charge in [0, 0.05) is 110 Å². The van der Waals surface area contributed by atoms with E-state index in [1.165, 1.54) is 30.1 Å². The highest BCUT2D eigenvalue weighted by Gasteiger charge is 2.51.